The summed E-state index contributed by atoms with van der Waals surface area (Å²) in [5.74, 6) is -2.47. The van der Waals surface area contributed by atoms with Gasteiger partial charge in [0.05, 0.1) is 10.7 Å². The van der Waals surface area contributed by atoms with Crippen molar-refractivity contribution in [1.82, 2.24) is 10.3 Å². The van der Waals surface area contributed by atoms with Crippen molar-refractivity contribution in [2.75, 3.05) is 6.54 Å². The lowest BCUT2D eigenvalue weighted by Crippen LogP contribution is -2.27. The molecule has 2 aromatic rings. The van der Waals surface area contributed by atoms with E-state index in [0.717, 1.165) is 22.8 Å². The summed E-state index contributed by atoms with van der Waals surface area (Å²) >= 11 is 1.52. The minimum Gasteiger partial charge on any atom is -0.351 e. The van der Waals surface area contributed by atoms with Crippen molar-refractivity contribution in [2.24, 2.45) is 0 Å². The molecule has 2 rings (SSSR count). The molecule has 3 nitrogen and oxygen atoms in total. The van der Waals surface area contributed by atoms with Gasteiger partial charge in [0.15, 0.2) is 0 Å². The molecule has 1 aromatic heterocycles. The third kappa shape index (κ3) is 3.35. The summed E-state index contributed by atoms with van der Waals surface area (Å²) in [4.78, 5) is 15.9. The summed E-state index contributed by atoms with van der Waals surface area (Å²) in [5, 5.41) is 5.32. The number of aromatic nitrogens is 1. The highest BCUT2D eigenvalue weighted by Gasteiger charge is 2.16. The minimum atomic E-state index is -0.859. The van der Waals surface area contributed by atoms with E-state index in [9.17, 15) is 13.6 Å². The Kier molecular flexibility index (Phi) is 4.21. The van der Waals surface area contributed by atoms with Crippen LogP contribution in [0.4, 0.5) is 8.78 Å². The second-order valence-electron chi connectivity index (χ2n) is 3.96. The van der Waals surface area contributed by atoms with Crippen LogP contribution in [0.3, 0.4) is 0 Å². The molecule has 0 radical (unpaired) electrons. The van der Waals surface area contributed by atoms with Gasteiger partial charge in [0, 0.05) is 18.3 Å². The Morgan fingerprint density at radius 3 is 2.63 bits per heavy atom. The standard InChI is InChI=1S/C13H12F2N2OS/c1-8-17-9(7-19-8)5-6-16-13(18)12-10(14)3-2-4-11(12)15/h2-4,7H,5-6H2,1H3,(H,16,18). The van der Waals surface area contributed by atoms with Gasteiger partial charge in [-0.2, -0.15) is 0 Å². The molecular weight excluding hydrogens is 270 g/mol. The molecule has 0 saturated heterocycles. The van der Waals surface area contributed by atoms with Crippen molar-refractivity contribution in [3.63, 3.8) is 0 Å². The molecule has 6 heteroatoms. The fourth-order valence-electron chi connectivity index (χ4n) is 1.63. The predicted molar refractivity (Wildman–Crippen MR) is 69.2 cm³/mol. The lowest BCUT2D eigenvalue weighted by atomic mass is 10.2. The van der Waals surface area contributed by atoms with Crippen LogP contribution in [0.2, 0.25) is 0 Å². The van der Waals surface area contributed by atoms with E-state index in [0.29, 0.717) is 6.42 Å². The molecule has 0 spiro atoms. The number of hydrogen-bond donors (Lipinski definition) is 1. The van der Waals surface area contributed by atoms with E-state index in [4.69, 9.17) is 0 Å². The maximum Gasteiger partial charge on any atom is 0.257 e. The first-order valence-electron chi connectivity index (χ1n) is 5.71. The number of rotatable bonds is 4. The number of carbonyl (C=O) groups is 1. The fourth-order valence-corrected chi connectivity index (χ4v) is 2.28. The molecule has 0 fully saturated rings. The predicted octanol–water partition coefficient (Wildman–Crippen LogP) is 2.70. The average molecular weight is 282 g/mol. The average Bonchev–Trinajstić information content (AvgIpc) is 2.75. The topological polar surface area (TPSA) is 42.0 Å². The van der Waals surface area contributed by atoms with E-state index < -0.39 is 23.1 Å². The number of nitrogens with one attached hydrogen (secondary N) is 1. The number of thiazole rings is 1. The Balaban J connectivity index is 1.94. The van der Waals surface area contributed by atoms with Crippen LogP contribution in [0.5, 0.6) is 0 Å². The molecule has 0 aliphatic rings. The van der Waals surface area contributed by atoms with Crippen molar-refractivity contribution in [3.8, 4) is 0 Å². The van der Waals surface area contributed by atoms with Crippen molar-refractivity contribution >= 4 is 17.2 Å². The zero-order valence-electron chi connectivity index (χ0n) is 10.2. The van der Waals surface area contributed by atoms with Crippen LogP contribution in [0, 0.1) is 18.6 Å². The molecule has 0 saturated carbocycles. The maximum atomic E-state index is 13.3. The number of hydrogen-bond acceptors (Lipinski definition) is 3. The van der Waals surface area contributed by atoms with Crippen molar-refractivity contribution < 1.29 is 13.6 Å². The summed E-state index contributed by atoms with van der Waals surface area (Å²) in [6, 6.07) is 3.34. The third-order valence-electron chi connectivity index (χ3n) is 2.52. The van der Waals surface area contributed by atoms with Gasteiger partial charge in [0.1, 0.15) is 17.2 Å². The molecule has 0 atom stereocenters. The summed E-state index contributed by atoms with van der Waals surface area (Å²) in [5.41, 5.74) is 0.314. The molecule has 1 N–H and O–H groups in total. The lowest BCUT2D eigenvalue weighted by Gasteiger charge is -2.06. The highest BCUT2D eigenvalue weighted by molar-refractivity contribution is 7.09. The van der Waals surface area contributed by atoms with Crippen molar-refractivity contribution in [1.29, 1.82) is 0 Å². The van der Waals surface area contributed by atoms with E-state index in [1.165, 1.54) is 17.4 Å². The van der Waals surface area contributed by atoms with E-state index >= 15 is 0 Å². The fraction of sp³-hybridized carbons (Fsp3) is 0.231. The van der Waals surface area contributed by atoms with Gasteiger partial charge >= 0.3 is 0 Å². The smallest absolute Gasteiger partial charge is 0.257 e. The van der Waals surface area contributed by atoms with Crippen LogP contribution in [-0.4, -0.2) is 17.4 Å². The molecular formula is C13H12F2N2OS. The van der Waals surface area contributed by atoms with Crippen LogP contribution in [-0.2, 0) is 6.42 Å². The highest BCUT2D eigenvalue weighted by atomic mass is 32.1. The molecule has 19 heavy (non-hydrogen) atoms. The summed E-state index contributed by atoms with van der Waals surface area (Å²) < 4.78 is 26.7. The summed E-state index contributed by atoms with van der Waals surface area (Å²) in [6.07, 6.45) is 0.534. The van der Waals surface area contributed by atoms with Crippen molar-refractivity contribution in [2.45, 2.75) is 13.3 Å². The number of benzene rings is 1. The van der Waals surface area contributed by atoms with E-state index in [1.807, 2.05) is 12.3 Å². The first-order chi connectivity index (χ1) is 9.08. The lowest BCUT2D eigenvalue weighted by molar-refractivity contribution is 0.0945. The zero-order chi connectivity index (χ0) is 13.8. The van der Waals surface area contributed by atoms with Gasteiger partial charge in [-0.1, -0.05) is 6.07 Å². The first kappa shape index (κ1) is 13.6. The number of amides is 1. The van der Waals surface area contributed by atoms with Crippen LogP contribution in [0.15, 0.2) is 23.6 Å². The van der Waals surface area contributed by atoms with Gasteiger partial charge in [0.25, 0.3) is 5.91 Å². The van der Waals surface area contributed by atoms with Gasteiger partial charge in [-0.05, 0) is 19.1 Å². The van der Waals surface area contributed by atoms with E-state index in [1.54, 1.807) is 0 Å². The van der Waals surface area contributed by atoms with Gasteiger partial charge in [0.2, 0.25) is 0 Å². The van der Waals surface area contributed by atoms with Gasteiger partial charge in [-0.25, -0.2) is 13.8 Å². The molecule has 1 amide bonds. The van der Waals surface area contributed by atoms with Crippen LogP contribution < -0.4 is 5.32 Å². The van der Waals surface area contributed by atoms with Crippen molar-refractivity contribution in [3.05, 3.63) is 51.5 Å². The Labute approximate surface area is 113 Å². The number of carbonyl (C=O) groups excluding carboxylic acids is 1. The maximum absolute atomic E-state index is 13.3. The van der Waals surface area contributed by atoms with Crippen LogP contribution >= 0.6 is 11.3 Å². The largest absolute Gasteiger partial charge is 0.351 e. The number of nitrogens with zero attached hydrogens (tertiary/aromatic N) is 1. The molecule has 0 aliphatic heterocycles. The number of halogens is 2. The van der Waals surface area contributed by atoms with Crippen LogP contribution in [0.25, 0.3) is 0 Å². The molecule has 0 aliphatic carbocycles. The van der Waals surface area contributed by atoms with Gasteiger partial charge in [-0.3, -0.25) is 4.79 Å². The van der Waals surface area contributed by atoms with E-state index in [2.05, 4.69) is 10.3 Å². The summed E-state index contributed by atoms with van der Waals surface area (Å²) in [7, 11) is 0. The normalized spacial score (nSPS) is 10.5. The van der Waals surface area contributed by atoms with E-state index in [-0.39, 0.29) is 6.54 Å². The Bertz CT molecular complexity index is 578. The highest BCUT2D eigenvalue weighted by Crippen LogP contribution is 2.12. The Hall–Kier alpha value is -1.82. The SMILES string of the molecule is Cc1nc(CCNC(=O)c2c(F)cccc2F)cs1. The Morgan fingerprint density at radius 1 is 1.37 bits per heavy atom. The second kappa shape index (κ2) is 5.88. The second-order valence-corrected chi connectivity index (χ2v) is 5.02. The Morgan fingerprint density at radius 2 is 2.05 bits per heavy atom. The van der Waals surface area contributed by atoms with Gasteiger partial charge < -0.3 is 5.32 Å². The molecule has 0 bridgehead atoms. The molecule has 0 unspecified atom stereocenters. The third-order valence-corrected chi connectivity index (χ3v) is 3.35. The zero-order valence-corrected chi connectivity index (χ0v) is 11.1. The molecule has 1 aromatic carbocycles. The monoisotopic (exact) mass is 282 g/mol. The van der Waals surface area contributed by atoms with Crippen LogP contribution in [0.1, 0.15) is 21.1 Å². The minimum absolute atomic E-state index is 0.287. The molecule has 1 heterocycles. The van der Waals surface area contributed by atoms with Gasteiger partial charge in [-0.15, -0.1) is 11.3 Å². The first-order valence-corrected chi connectivity index (χ1v) is 6.59. The molecule has 100 valence electrons. The quantitative estimate of drug-likeness (QED) is 0.937. The number of aryl methyl sites for hydroxylation is 1. The summed E-state index contributed by atoms with van der Waals surface area (Å²) in [6.45, 7) is 2.18.